The first-order valence-electron chi connectivity index (χ1n) is 11.6. The van der Waals surface area contributed by atoms with E-state index in [4.69, 9.17) is 9.47 Å². The molecule has 2 rings (SSSR count). The smallest absolute Gasteiger partial charge is 0.227 e. The molecule has 10 heteroatoms. The minimum atomic E-state index is -1.17. The Morgan fingerprint density at radius 1 is 1.12 bits per heavy atom. The van der Waals surface area contributed by atoms with Crippen LogP contribution in [0.5, 0.6) is 0 Å². The van der Waals surface area contributed by atoms with E-state index in [2.05, 4.69) is 5.10 Å². The van der Waals surface area contributed by atoms with Crippen LogP contribution in [0.3, 0.4) is 0 Å². The third kappa shape index (κ3) is 7.77. The van der Waals surface area contributed by atoms with Gasteiger partial charge in [-0.25, -0.2) is 0 Å². The standard InChI is InChI=1S/C23H40N4O6/c1-16-19(17(2)25(4)24-16)13-22(30)26-9-6-7-12-33-15-20(29)23(31)21(32-5)14-27(18(3)28)11-8-10-26/h20-21,23,29,31H,6-15H2,1-5H3/t20-,21-,23-/m0/s1. The van der Waals surface area contributed by atoms with Gasteiger partial charge in [0.25, 0.3) is 0 Å². The van der Waals surface area contributed by atoms with E-state index in [1.165, 1.54) is 14.0 Å². The Kier molecular flexibility index (Phi) is 10.7. The number of carbonyl (C=O) groups excluding carboxylic acids is 2. The summed E-state index contributed by atoms with van der Waals surface area (Å²) < 4.78 is 12.7. The molecule has 1 aliphatic heterocycles. The maximum Gasteiger partial charge on any atom is 0.227 e. The van der Waals surface area contributed by atoms with Crippen molar-refractivity contribution < 1.29 is 29.3 Å². The minimum absolute atomic E-state index is 0.0245. The van der Waals surface area contributed by atoms with E-state index >= 15 is 0 Å². The van der Waals surface area contributed by atoms with Crippen LogP contribution in [0.25, 0.3) is 0 Å². The van der Waals surface area contributed by atoms with Crippen molar-refractivity contribution in [2.75, 3.05) is 46.5 Å². The number of carbonyl (C=O) groups is 2. The number of aryl methyl sites for hydroxylation is 2. The first kappa shape index (κ1) is 27.2. The molecule has 2 N–H and O–H groups in total. The summed E-state index contributed by atoms with van der Waals surface area (Å²) in [5.74, 6) is -0.117. The van der Waals surface area contributed by atoms with Gasteiger partial charge in [0.2, 0.25) is 11.8 Å². The summed E-state index contributed by atoms with van der Waals surface area (Å²) in [6.45, 7) is 7.41. The fourth-order valence-corrected chi connectivity index (χ4v) is 4.12. The second kappa shape index (κ2) is 13.0. The molecular formula is C23H40N4O6. The van der Waals surface area contributed by atoms with Crippen molar-refractivity contribution in [3.8, 4) is 0 Å². The average Bonchev–Trinajstić information content (AvgIpc) is 3.01. The summed E-state index contributed by atoms with van der Waals surface area (Å²) in [5.41, 5.74) is 2.80. The van der Waals surface area contributed by atoms with Crippen LogP contribution in [0.4, 0.5) is 0 Å². The Bertz CT molecular complexity index is 783. The fourth-order valence-electron chi connectivity index (χ4n) is 4.12. The highest BCUT2D eigenvalue weighted by atomic mass is 16.5. The molecule has 1 aromatic heterocycles. The van der Waals surface area contributed by atoms with Gasteiger partial charge in [0.15, 0.2) is 0 Å². The number of methoxy groups -OCH3 is 1. The van der Waals surface area contributed by atoms with Crippen LogP contribution in [0.15, 0.2) is 0 Å². The van der Waals surface area contributed by atoms with Gasteiger partial charge in [-0.2, -0.15) is 5.10 Å². The number of nitrogens with zero attached hydrogens (tertiary/aromatic N) is 4. The maximum atomic E-state index is 13.2. The van der Waals surface area contributed by atoms with Crippen LogP contribution < -0.4 is 0 Å². The van der Waals surface area contributed by atoms with Gasteiger partial charge in [0, 0.05) is 65.1 Å². The second-order valence-corrected chi connectivity index (χ2v) is 8.76. The predicted octanol–water partition coefficient (Wildman–Crippen LogP) is 0.194. The van der Waals surface area contributed by atoms with Gasteiger partial charge in [-0.1, -0.05) is 0 Å². The molecular weight excluding hydrogens is 428 g/mol. The van der Waals surface area contributed by atoms with Crippen LogP contribution in [0.2, 0.25) is 0 Å². The summed E-state index contributed by atoms with van der Waals surface area (Å²) in [6, 6.07) is 0. The highest BCUT2D eigenvalue weighted by Crippen LogP contribution is 2.15. The number of aliphatic hydroxyl groups excluding tert-OH is 2. The summed E-state index contributed by atoms with van der Waals surface area (Å²) in [7, 11) is 3.31. The third-order valence-corrected chi connectivity index (χ3v) is 6.37. The molecule has 10 nitrogen and oxygen atoms in total. The molecule has 0 aliphatic carbocycles. The third-order valence-electron chi connectivity index (χ3n) is 6.37. The van der Waals surface area contributed by atoms with Crippen LogP contribution in [-0.2, 0) is 32.5 Å². The molecule has 0 saturated carbocycles. The van der Waals surface area contributed by atoms with Gasteiger partial charge in [0.1, 0.15) is 18.3 Å². The van der Waals surface area contributed by atoms with E-state index in [9.17, 15) is 19.8 Å². The highest BCUT2D eigenvalue weighted by molar-refractivity contribution is 5.79. The number of hydrogen-bond acceptors (Lipinski definition) is 7. The summed E-state index contributed by atoms with van der Waals surface area (Å²) in [4.78, 5) is 28.8. The lowest BCUT2D eigenvalue weighted by Crippen LogP contribution is -2.48. The average molecular weight is 469 g/mol. The molecule has 0 bridgehead atoms. The maximum absolute atomic E-state index is 13.2. The number of ether oxygens (including phenoxy) is 2. The van der Waals surface area contributed by atoms with Gasteiger partial charge in [0.05, 0.1) is 18.7 Å². The number of aliphatic hydroxyl groups is 2. The van der Waals surface area contributed by atoms with Crippen molar-refractivity contribution in [3.05, 3.63) is 17.0 Å². The van der Waals surface area contributed by atoms with E-state index in [-0.39, 0.29) is 25.0 Å². The first-order chi connectivity index (χ1) is 15.6. The van der Waals surface area contributed by atoms with E-state index in [1.54, 1.807) is 9.58 Å². The molecule has 188 valence electrons. The molecule has 1 aromatic rings. The topological polar surface area (TPSA) is 117 Å². The van der Waals surface area contributed by atoms with Crippen molar-refractivity contribution in [2.45, 2.75) is 64.8 Å². The molecule has 0 spiro atoms. The summed E-state index contributed by atoms with van der Waals surface area (Å²) in [5, 5.41) is 25.1. The lowest BCUT2D eigenvalue weighted by atomic mass is 10.1. The molecule has 1 saturated heterocycles. The minimum Gasteiger partial charge on any atom is -0.388 e. The van der Waals surface area contributed by atoms with E-state index < -0.39 is 18.3 Å². The fraction of sp³-hybridized carbons (Fsp3) is 0.783. The second-order valence-electron chi connectivity index (χ2n) is 8.76. The van der Waals surface area contributed by atoms with Crippen LogP contribution in [-0.4, -0.2) is 106 Å². The van der Waals surface area contributed by atoms with Gasteiger partial charge in [-0.3, -0.25) is 14.3 Å². The molecule has 1 fully saturated rings. The van der Waals surface area contributed by atoms with Crippen molar-refractivity contribution >= 4 is 11.8 Å². The monoisotopic (exact) mass is 468 g/mol. The van der Waals surface area contributed by atoms with E-state index in [0.29, 0.717) is 39.1 Å². The van der Waals surface area contributed by atoms with Gasteiger partial charge < -0.3 is 29.5 Å². The normalized spacial score (nSPS) is 24.3. The molecule has 3 atom stereocenters. The SMILES string of the molecule is CO[C@H]1CN(C(C)=O)CCCN(C(=O)Cc2c(C)nn(C)c2C)CCCCOC[C@H](O)[C@@H]1O. The van der Waals surface area contributed by atoms with Crippen molar-refractivity contribution in [3.63, 3.8) is 0 Å². The van der Waals surface area contributed by atoms with E-state index in [0.717, 1.165) is 29.8 Å². The number of aromatic nitrogens is 2. The Hall–Kier alpha value is -2.01. The zero-order valence-electron chi connectivity index (χ0n) is 20.6. The molecule has 2 heterocycles. The molecule has 0 radical (unpaired) electrons. The Morgan fingerprint density at radius 3 is 2.39 bits per heavy atom. The largest absolute Gasteiger partial charge is 0.388 e. The number of amides is 2. The zero-order valence-corrected chi connectivity index (χ0v) is 20.6. The van der Waals surface area contributed by atoms with Crippen molar-refractivity contribution in [2.24, 2.45) is 7.05 Å². The Morgan fingerprint density at radius 2 is 1.79 bits per heavy atom. The van der Waals surface area contributed by atoms with Crippen LogP contribution >= 0.6 is 0 Å². The Balaban J connectivity index is 2.12. The molecule has 0 aromatic carbocycles. The van der Waals surface area contributed by atoms with Gasteiger partial charge in [-0.05, 0) is 33.1 Å². The van der Waals surface area contributed by atoms with Gasteiger partial charge in [-0.15, -0.1) is 0 Å². The lowest BCUT2D eigenvalue weighted by Gasteiger charge is -2.31. The quantitative estimate of drug-likeness (QED) is 0.650. The summed E-state index contributed by atoms with van der Waals surface area (Å²) in [6.07, 6.45) is -0.655. The first-order valence-corrected chi connectivity index (χ1v) is 11.6. The zero-order chi connectivity index (χ0) is 24.5. The van der Waals surface area contributed by atoms with Crippen LogP contribution in [0.1, 0.15) is 43.1 Å². The number of rotatable bonds is 3. The molecule has 33 heavy (non-hydrogen) atoms. The lowest BCUT2D eigenvalue weighted by molar-refractivity contribution is -0.136. The number of hydrogen-bond donors (Lipinski definition) is 2. The molecule has 2 amide bonds. The van der Waals surface area contributed by atoms with Crippen molar-refractivity contribution in [1.29, 1.82) is 0 Å². The van der Waals surface area contributed by atoms with Crippen molar-refractivity contribution in [1.82, 2.24) is 19.6 Å². The highest BCUT2D eigenvalue weighted by Gasteiger charge is 2.29. The van der Waals surface area contributed by atoms with Crippen LogP contribution in [0, 0.1) is 13.8 Å². The Labute approximate surface area is 196 Å². The molecule has 0 unspecified atom stereocenters. The van der Waals surface area contributed by atoms with Gasteiger partial charge >= 0.3 is 0 Å². The molecule has 1 aliphatic rings. The van der Waals surface area contributed by atoms with E-state index in [1.807, 2.05) is 25.8 Å². The summed E-state index contributed by atoms with van der Waals surface area (Å²) >= 11 is 0. The predicted molar refractivity (Wildman–Crippen MR) is 123 cm³/mol.